The van der Waals surface area contributed by atoms with Gasteiger partial charge in [-0.25, -0.2) is 42.8 Å². The van der Waals surface area contributed by atoms with Crippen LogP contribution in [0.25, 0.3) is 33.5 Å². The summed E-state index contributed by atoms with van der Waals surface area (Å²) in [6, 6.07) is 0. The molecule has 16 atom stereocenters. The van der Waals surface area contributed by atoms with Gasteiger partial charge in [-0.3, -0.25) is 46.8 Å². The molecule has 3 aliphatic heterocycles. The third-order valence-corrected chi connectivity index (χ3v) is 17.2. The lowest BCUT2D eigenvalue weighted by Crippen LogP contribution is -2.44. The zero-order chi connectivity index (χ0) is 55.2. The summed E-state index contributed by atoms with van der Waals surface area (Å²) in [5.41, 5.74) is 13.4. The number of methoxy groups -OCH3 is 1. The number of nitrogens with two attached hydrogens (primary N) is 3. The molecule has 3 fully saturated rings. The standard InChI is InChI=1S/C33H45N15O24P4/c1-33(21(52)18(51)29(69-33)47-9-40-14-24(47)41-31(35)43-26(14)53)6-66-73(55,56)70-19-12(68-30(20(19)63-3)46-8-39-13-22(34)37-7-38-23(13)46)5-65-75(59,60)72-76(61,62)71-74(57,58)64-4-11-16(49)17(50)28(67-11)48-10-45(2)15-25(48)42-32(36)44-27(15)54/h7-12,16-21,28-30,49-52H,4-6H2,1-3H3,(H11-,34,35,36,37,38,41,42,43,44,53,54,55,56,57,58,59,60,61,62)/p+1/t11-,12+,16?,17?,18-,19-,20-,21+,28-,29+,30+,33+/m0/s1. The van der Waals surface area contributed by atoms with Crippen molar-refractivity contribution in [1.29, 1.82) is 0 Å². The van der Waals surface area contributed by atoms with E-state index >= 15 is 0 Å². The number of anilines is 3. The highest BCUT2D eigenvalue weighted by atomic mass is 31.3. The summed E-state index contributed by atoms with van der Waals surface area (Å²) >= 11 is 0. The van der Waals surface area contributed by atoms with Crippen LogP contribution in [-0.4, -0.2) is 175 Å². The topological polar surface area (TPSA) is 562 Å². The SMILES string of the molecule is CO[C@H]1[C@@H](OP(=O)(O)OC[C@@]2(C)O[C@@H](n3cnc4c(=O)[nH]c(N)nc43)[C@@H](O)[C@H]2O)[C@@H](COP(=O)(O)OP(=O)(O)OP(=O)(O)OC[C@@H]2O[C@H](n3c[n+](C)c4c(=O)[nH]c(N)nc43)C(O)C2O)O[C@H]1n1cnc2c(N)ncnc21. The van der Waals surface area contributed by atoms with Crippen molar-refractivity contribution >= 4 is 82.5 Å². The number of aliphatic hydroxyl groups excluding tert-OH is 4. The number of nitrogens with zero attached hydrogens (tertiary/aromatic N) is 10. The average Bonchev–Trinajstić information content (AvgIpc) is 4.19. The summed E-state index contributed by atoms with van der Waals surface area (Å²) in [5.74, 6) is -0.721. The van der Waals surface area contributed by atoms with Gasteiger partial charge in [0.05, 0.1) is 39.5 Å². The Balaban J connectivity index is 0.871. The molecule has 0 spiro atoms. The molecular formula is C33H46N15O24P4+. The van der Waals surface area contributed by atoms with Crippen molar-refractivity contribution in [2.45, 2.75) is 80.0 Å². The normalized spacial score (nSPS) is 31.2. The van der Waals surface area contributed by atoms with Crippen LogP contribution in [0.5, 0.6) is 0 Å². The first-order chi connectivity index (χ1) is 35.5. The van der Waals surface area contributed by atoms with Crippen LogP contribution in [-0.2, 0) is 71.0 Å². The number of aromatic amines is 2. The van der Waals surface area contributed by atoms with Crippen molar-refractivity contribution in [1.82, 2.24) is 53.6 Å². The summed E-state index contributed by atoms with van der Waals surface area (Å²) in [7, 11) is -21.0. The lowest BCUT2D eigenvalue weighted by molar-refractivity contribution is -0.646. The van der Waals surface area contributed by atoms with Gasteiger partial charge in [0, 0.05) is 7.11 Å². The number of fused-ring (bicyclic) bond motifs is 3. The average molecular weight is 1160 g/mol. The highest BCUT2D eigenvalue weighted by Gasteiger charge is 2.56. The summed E-state index contributed by atoms with van der Waals surface area (Å²) in [6.45, 7) is -2.26. The number of nitrogens with one attached hydrogen (secondary N) is 2. The van der Waals surface area contributed by atoms with Gasteiger partial charge >= 0.3 is 36.9 Å². The van der Waals surface area contributed by atoms with Gasteiger partial charge in [-0.15, -0.1) is 0 Å². The van der Waals surface area contributed by atoms with Crippen LogP contribution in [0.1, 0.15) is 25.6 Å². The fourth-order valence-corrected chi connectivity index (χ4v) is 13.1. The van der Waals surface area contributed by atoms with Crippen LogP contribution in [0, 0.1) is 0 Å². The van der Waals surface area contributed by atoms with Gasteiger partial charge in [-0.1, -0.05) is 0 Å². The quantitative estimate of drug-likeness (QED) is 0.0269. The highest BCUT2D eigenvalue weighted by molar-refractivity contribution is 7.66. The summed E-state index contributed by atoms with van der Waals surface area (Å²) < 4.78 is 109. The van der Waals surface area contributed by atoms with E-state index in [2.05, 4.69) is 48.5 Å². The molecule has 6 aromatic rings. The number of phosphoric acid groups is 4. The van der Waals surface area contributed by atoms with Crippen molar-refractivity contribution in [3.8, 4) is 0 Å². The fourth-order valence-electron chi connectivity index (χ4n) is 8.51. The maximum atomic E-state index is 13.8. The lowest BCUT2D eigenvalue weighted by Gasteiger charge is -2.29. The number of rotatable bonds is 19. The molecule has 0 aromatic carbocycles. The number of aromatic nitrogens is 12. The van der Waals surface area contributed by atoms with E-state index in [0.29, 0.717) is 0 Å². The molecule has 6 unspecified atom stereocenters. The van der Waals surface area contributed by atoms with Crippen molar-refractivity contribution < 1.29 is 108 Å². The van der Waals surface area contributed by atoms with E-state index < -0.39 is 135 Å². The number of H-pyrrole nitrogens is 2. The molecule has 16 N–H and O–H groups in total. The Morgan fingerprint density at radius 1 is 0.697 bits per heavy atom. The summed E-state index contributed by atoms with van der Waals surface area (Å²) in [6.07, 6.45) is -14.4. The van der Waals surface area contributed by atoms with Gasteiger partial charge in [0.1, 0.15) is 66.3 Å². The van der Waals surface area contributed by atoms with Crippen molar-refractivity contribution in [2.24, 2.45) is 7.05 Å². The smallest absolute Gasteiger partial charge is 0.387 e. The molecule has 0 amide bonds. The molecule has 3 aliphatic rings. The highest BCUT2D eigenvalue weighted by Crippen LogP contribution is 2.68. The number of phosphoric ester groups is 3. The van der Waals surface area contributed by atoms with Crippen molar-refractivity contribution in [2.75, 3.05) is 44.1 Å². The molecular weight excluding hydrogens is 1110 g/mol. The van der Waals surface area contributed by atoms with Crippen LogP contribution in [0.4, 0.5) is 17.7 Å². The Labute approximate surface area is 421 Å². The molecule has 0 radical (unpaired) electrons. The molecule has 39 nitrogen and oxygen atoms in total. The molecule has 0 aliphatic carbocycles. The Bertz CT molecular complexity index is 3520. The minimum atomic E-state index is -6.21. The molecule has 3 saturated heterocycles. The van der Waals surface area contributed by atoms with Gasteiger partial charge in [0.2, 0.25) is 24.5 Å². The van der Waals surface area contributed by atoms with E-state index in [1.165, 1.54) is 29.4 Å². The van der Waals surface area contributed by atoms with Crippen molar-refractivity contribution in [3.63, 3.8) is 0 Å². The van der Waals surface area contributed by atoms with Crippen LogP contribution in [0.2, 0.25) is 0 Å². The maximum absolute atomic E-state index is 13.8. The predicted molar refractivity (Wildman–Crippen MR) is 244 cm³/mol. The number of aliphatic hydroxyl groups is 4. The van der Waals surface area contributed by atoms with Crippen LogP contribution in [0.3, 0.4) is 0 Å². The zero-order valence-corrected chi connectivity index (χ0v) is 42.5. The number of aryl methyl sites for hydroxylation is 1. The minimum Gasteiger partial charge on any atom is -0.387 e. The molecule has 76 heavy (non-hydrogen) atoms. The van der Waals surface area contributed by atoms with Crippen LogP contribution in [0.15, 0.2) is 34.9 Å². The van der Waals surface area contributed by atoms with Crippen LogP contribution < -0.4 is 32.9 Å². The Morgan fingerprint density at radius 3 is 1.95 bits per heavy atom. The maximum Gasteiger partial charge on any atom is 0.490 e. The van der Waals surface area contributed by atoms with E-state index in [0.717, 1.165) is 35.2 Å². The van der Waals surface area contributed by atoms with E-state index in [9.17, 15) is 67.8 Å². The molecule has 9 heterocycles. The number of ether oxygens (including phenoxy) is 4. The van der Waals surface area contributed by atoms with Gasteiger partial charge in [-0.2, -0.15) is 23.2 Å². The van der Waals surface area contributed by atoms with E-state index in [-0.39, 0.29) is 51.2 Å². The second kappa shape index (κ2) is 20.3. The first-order valence-electron chi connectivity index (χ1n) is 21.5. The second-order valence-electron chi connectivity index (χ2n) is 17.2. The van der Waals surface area contributed by atoms with Gasteiger partial charge in [0.25, 0.3) is 16.7 Å². The third kappa shape index (κ3) is 10.7. The monoisotopic (exact) mass is 1160 g/mol. The second-order valence-corrected chi connectivity index (χ2v) is 23.2. The molecule has 6 aromatic heterocycles. The molecule has 43 heteroatoms. The van der Waals surface area contributed by atoms with E-state index in [1.807, 2.05) is 0 Å². The van der Waals surface area contributed by atoms with E-state index in [1.54, 1.807) is 0 Å². The lowest BCUT2D eigenvalue weighted by atomic mass is 9.99. The van der Waals surface area contributed by atoms with Crippen molar-refractivity contribution in [3.05, 3.63) is 46.0 Å². The zero-order valence-electron chi connectivity index (χ0n) is 38.9. The van der Waals surface area contributed by atoms with Gasteiger partial charge in [0.15, 0.2) is 35.1 Å². The number of hydrogen-bond donors (Lipinski definition) is 13. The molecule has 0 bridgehead atoms. The molecule has 0 saturated carbocycles. The predicted octanol–water partition coefficient (Wildman–Crippen LogP) is -4.32. The number of imidazole rings is 3. The number of nitrogen functional groups attached to an aromatic ring is 3. The summed E-state index contributed by atoms with van der Waals surface area (Å²) in [4.78, 5) is 95.9. The Morgan fingerprint density at radius 2 is 1.29 bits per heavy atom. The summed E-state index contributed by atoms with van der Waals surface area (Å²) in [5, 5.41) is 43.6. The first kappa shape index (κ1) is 55.6. The third-order valence-electron chi connectivity index (χ3n) is 12.0. The van der Waals surface area contributed by atoms with Crippen LogP contribution >= 0.6 is 31.3 Å². The van der Waals surface area contributed by atoms with Gasteiger partial charge < -0.3 is 76.1 Å². The molecule has 416 valence electrons. The Hall–Kier alpha value is -5.15. The largest absolute Gasteiger partial charge is 0.490 e. The molecule has 9 rings (SSSR count). The van der Waals surface area contributed by atoms with E-state index in [4.69, 9.17) is 54.2 Å². The minimum absolute atomic E-state index is 0.00414. The first-order valence-corrected chi connectivity index (χ1v) is 27.5. The number of hydrogen-bond acceptors (Lipinski definition) is 29. The van der Waals surface area contributed by atoms with Gasteiger partial charge in [-0.05, 0) is 6.92 Å². The fraction of sp³-hybridized carbons (Fsp3) is 0.545. The Kier molecular flexibility index (Phi) is 14.8.